The molecule has 41 heavy (non-hydrogen) atoms. The fourth-order valence-corrected chi connectivity index (χ4v) is 5.48. The van der Waals surface area contributed by atoms with Gasteiger partial charge in [0.15, 0.2) is 0 Å². The first-order valence-electron chi connectivity index (χ1n) is 14.0. The molecule has 194 valence electrons. The molecule has 0 saturated heterocycles. The second-order valence-corrected chi connectivity index (χ2v) is 10.3. The summed E-state index contributed by atoms with van der Waals surface area (Å²) in [5.41, 5.74) is 11.9. The van der Waals surface area contributed by atoms with Crippen molar-refractivity contribution in [1.29, 1.82) is 0 Å². The Bertz CT molecular complexity index is 1920. The third-order valence-corrected chi connectivity index (χ3v) is 7.66. The van der Waals surface area contributed by atoms with E-state index in [1.165, 1.54) is 55.3 Å². The summed E-state index contributed by atoms with van der Waals surface area (Å²) in [6, 6.07) is 60.5. The molecule has 0 heterocycles. The monoisotopic (exact) mass is 523 g/mol. The molecule has 0 aliphatic carbocycles. The quantitative estimate of drug-likeness (QED) is 0.229. The SMILES string of the molecule is c1ccc(-c2ccc(-c3ccccc3)c(-c3ccc(Nc4ccc(-c5ccc6ccccc6c5)cc4)cc3)c2)cc1. The van der Waals surface area contributed by atoms with Gasteiger partial charge in [-0.25, -0.2) is 0 Å². The highest BCUT2D eigenvalue weighted by Crippen LogP contribution is 2.36. The number of hydrogen-bond acceptors (Lipinski definition) is 1. The molecule has 0 bridgehead atoms. The van der Waals surface area contributed by atoms with Gasteiger partial charge in [0.05, 0.1) is 0 Å². The molecule has 0 spiro atoms. The van der Waals surface area contributed by atoms with Crippen molar-refractivity contribution in [2.75, 3.05) is 5.32 Å². The molecule has 7 aromatic carbocycles. The predicted molar refractivity (Wildman–Crippen MR) is 175 cm³/mol. The van der Waals surface area contributed by atoms with E-state index in [9.17, 15) is 0 Å². The number of nitrogens with one attached hydrogen (secondary N) is 1. The Morgan fingerprint density at radius 2 is 0.732 bits per heavy atom. The maximum atomic E-state index is 3.57. The van der Waals surface area contributed by atoms with Crippen LogP contribution in [0.25, 0.3) is 55.3 Å². The lowest BCUT2D eigenvalue weighted by Crippen LogP contribution is -1.91. The second kappa shape index (κ2) is 11.0. The van der Waals surface area contributed by atoms with Gasteiger partial charge in [0.2, 0.25) is 0 Å². The van der Waals surface area contributed by atoms with Gasteiger partial charge in [-0.2, -0.15) is 0 Å². The largest absolute Gasteiger partial charge is 0.356 e. The van der Waals surface area contributed by atoms with Crippen LogP contribution in [0.4, 0.5) is 11.4 Å². The van der Waals surface area contributed by atoms with Crippen molar-refractivity contribution in [2.45, 2.75) is 0 Å². The zero-order chi connectivity index (χ0) is 27.4. The molecule has 1 heteroatoms. The molecule has 1 nitrogen and oxygen atoms in total. The summed E-state index contributed by atoms with van der Waals surface area (Å²) in [4.78, 5) is 0. The summed E-state index contributed by atoms with van der Waals surface area (Å²) in [5, 5.41) is 6.10. The van der Waals surface area contributed by atoms with Crippen molar-refractivity contribution in [1.82, 2.24) is 0 Å². The van der Waals surface area contributed by atoms with Crippen LogP contribution in [0.15, 0.2) is 170 Å². The second-order valence-electron chi connectivity index (χ2n) is 10.3. The van der Waals surface area contributed by atoms with Gasteiger partial charge in [-0.15, -0.1) is 0 Å². The summed E-state index contributed by atoms with van der Waals surface area (Å²) in [5.74, 6) is 0. The Labute approximate surface area is 241 Å². The van der Waals surface area contributed by atoms with Crippen LogP contribution in [-0.2, 0) is 0 Å². The zero-order valence-electron chi connectivity index (χ0n) is 22.7. The Kier molecular flexibility index (Phi) is 6.61. The molecule has 0 atom stereocenters. The number of benzene rings is 7. The van der Waals surface area contributed by atoms with E-state index in [1.54, 1.807) is 0 Å². The van der Waals surface area contributed by atoms with Gasteiger partial charge in [-0.1, -0.05) is 133 Å². The highest BCUT2D eigenvalue weighted by atomic mass is 14.9. The Morgan fingerprint density at radius 3 is 1.41 bits per heavy atom. The first kappa shape index (κ1) is 24.6. The first-order valence-corrected chi connectivity index (χ1v) is 14.0. The average Bonchev–Trinajstić information content (AvgIpc) is 3.06. The van der Waals surface area contributed by atoms with Crippen molar-refractivity contribution >= 4 is 22.1 Å². The van der Waals surface area contributed by atoms with Crippen molar-refractivity contribution < 1.29 is 0 Å². The topological polar surface area (TPSA) is 12.0 Å². The zero-order valence-corrected chi connectivity index (χ0v) is 22.7. The number of rotatable bonds is 6. The Morgan fingerprint density at radius 1 is 0.268 bits per heavy atom. The van der Waals surface area contributed by atoms with Gasteiger partial charge in [-0.05, 0) is 91.7 Å². The molecule has 0 saturated carbocycles. The van der Waals surface area contributed by atoms with E-state index in [4.69, 9.17) is 0 Å². The molecule has 7 aromatic rings. The van der Waals surface area contributed by atoms with Gasteiger partial charge < -0.3 is 5.32 Å². The highest BCUT2D eigenvalue weighted by molar-refractivity contribution is 5.89. The van der Waals surface area contributed by atoms with Crippen molar-refractivity contribution in [3.8, 4) is 44.5 Å². The molecular formula is C40H29N. The Balaban J connectivity index is 1.15. The van der Waals surface area contributed by atoms with E-state index in [1.807, 2.05) is 0 Å². The Hall–Kier alpha value is -5.40. The van der Waals surface area contributed by atoms with E-state index >= 15 is 0 Å². The van der Waals surface area contributed by atoms with E-state index in [0.29, 0.717) is 0 Å². The normalized spacial score (nSPS) is 10.9. The fourth-order valence-electron chi connectivity index (χ4n) is 5.48. The summed E-state index contributed by atoms with van der Waals surface area (Å²) in [6.07, 6.45) is 0. The average molecular weight is 524 g/mol. The minimum atomic E-state index is 1.06. The van der Waals surface area contributed by atoms with Crippen LogP contribution in [0.5, 0.6) is 0 Å². The van der Waals surface area contributed by atoms with Gasteiger partial charge in [0.1, 0.15) is 0 Å². The molecule has 0 radical (unpaired) electrons. The lowest BCUT2D eigenvalue weighted by Gasteiger charge is -2.14. The van der Waals surface area contributed by atoms with Crippen molar-refractivity contribution in [2.24, 2.45) is 0 Å². The molecular weight excluding hydrogens is 494 g/mol. The van der Waals surface area contributed by atoms with Crippen LogP contribution >= 0.6 is 0 Å². The molecule has 0 fully saturated rings. The molecule has 0 unspecified atom stereocenters. The minimum Gasteiger partial charge on any atom is -0.356 e. The van der Waals surface area contributed by atoms with E-state index in [-0.39, 0.29) is 0 Å². The molecule has 0 aliphatic rings. The lowest BCUT2D eigenvalue weighted by atomic mass is 9.91. The number of hydrogen-bond donors (Lipinski definition) is 1. The maximum Gasteiger partial charge on any atom is 0.0384 e. The van der Waals surface area contributed by atoms with Crippen LogP contribution < -0.4 is 5.32 Å². The van der Waals surface area contributed by atoms with Gasteiger partial charge in [0.25, 0.3) is 0 Å². The van der Waals surface area contributed by atoms with E-state index in [0.717, 1.165) is 11.4 Å². The van der Waals surface area contributed by atoms with Crippen molar-refractivity contribution in [3.63, 3.8) is 0 Å². The summed E-state index contributed by atoms with van der Waals surface area (Å²) in [6.45, 7) is 0. The highest BCUT2D eigenvalue weighted by Gasteiger charge is 2.10. The lowest BCUT2D eigenvalue weighted by molar-refractivity contribution is 1.53. The summed E-state index contributed by atoms with van der Waals surface area (Å²) in [7, 11) is 0. The standard InChI is InChI=1S/C40H29N/c1-3-9-29(10-4-1)36-21-26-39(32-12-5-2-6-13-32)40(28-36)33-19-24-38(25-20-33)41-37-22-17-31(18-23-37)35-16-15-30-11-7-8-14-34(30)27-35/h1-28,41H. The number of fused-ring (bicyclic) bond motifs is 1. The number of anilines is 2. The fraction of sp³-hybridized carbons (Fsp3) is 0. The predicted octanol–water partition coefficient (Wildman–Crippen LogP) is 11.3. The molecule has 1 N–H and O–H groups in total. The minimum absolute atomic E-state index is 1.06. The van der Waals surface area contributed by atoms with Crippen LogP contribution in [0.1, 0.15) is 0 Å². The van der Waals surface area contributed by atoms with Crippen LogP contribution in [0.3, 0.4) is 0 Å². The third kappa shape index (κ3) is 5.26. The first-order chi connectivity index (χ1) is 20.3. The van der Waals surface area contributed by atoms with Gasteiger partial charge in [-0.3, -0.25) is 0 Å². The summed E-state index contributed by atoms with van der Waals surface area (Å²) < 4.78 is 0. The van der Waals surface area contributed by atoms with E-state index in [2.05, 4.69) is 175 Å². The van der Waals surface area contributed by atoms with Crippen LogP contribution in [0.2, 0.25) is 0 Å². The van der Waals surface area contributed by atoms with Gasteiger partial charge >= 0.3 is 0 Å². The molecule has 0 aliphatic heterocycles. The van der Waals surface area contributed by atoms with Crippen LogP contribution in [-0.4, -0.2) is 0 Å². The van der Waals surface area contributed by atoms with E-state index < -0.39 is 0 Å². The van der Waals surface area contributed by atoms with Crippen LogP contribution in [0, 0.1) is 0 Å². The smallest absolute Gasteiger partial charge is 0.0384 e. The molecule has 0 aromatic heterocycles. The van der Waals surface area contributed by atoms with Gasteiger partial charge in [0, 0.05) is 11.4 Å². The van der Waals surface area contributed by atoms with Crippen molar-refractivity contribution in [3.05, 3.63) is 170 Å². The summed E-state index contributed by atoms with van der Waals surface area (Å²) >= 11 is 0. The maximum absolute atomic E-state index is 3.57. The third-order valence-electron chi connectivity index (χ3n) is 7.66. The molecule has 7 rings (SSSR count). The molecule has 0 amide bonds.